The first-order valence-electron chi connectivity index (χ1n) is 7.57. The van der Waals surface area contributed by atoms with Gasteiger partial charge in [-0.15, -0.1) is 0 Å². The predicted molar refractivity (Wildman–Crippen MR) is 94.1 cm³/mol. The average Bonchev–Trinajstić information content (AvgIpc) is 2.56. The van der Waals surface area contributed by atoms with Crippen molar-refractivity contribution in [2.24, 2.45) is 0 Å². The van der Waals surface area contributed by atoms with Crippen LogP contribution in [0.4, 0.5) is 0 Å². The van der Waals surface area contributed by atoms with Crippen molar-refractivity contribution in [3.05, 3.63) is 58.1 Å². The monoisotopic (exact) mass is 377 g/mol. The molecule has 4 nitrogen and oxygen atoms in total. The highest BCUT2D eigenvalue weighted by Crippen LogP contribution is 2.36. The Morgan fingerprint density at radius 3 is 2.43 bits per heavy atom. The topological polar surface area (TPSA) is 47.6 Å². The Bertz CT molecular complexity index is 659. The van der Waals surface area contributed by atoms with Crippen LogP contribution in [-0.4, -0.2) is 19.1 Å². The first kappa shape index (κ1) is 17.3. The van der Waals surface area contributed by atoms with Gasteiger partial charge in [0.1, 0.15) is 0 Å². The van der Waals surface area contributed by atoms with Crippen LogP contribution in [0.15, 0.2) is 46.9 Å². The van der Waals surface area contributed by atoms with Crippen LogP contribution in [0.3, 0.4) is 0 Å². The average molecular weight is 378 g/mol. The van der Waals surface area contributed by atoms with Gasteiger partial charge in [0.25, 0.3) is 5.91 Å². The number of amides is 1. The standard InChI is InChI=1S/C18H20BrNO3/c1-3-22-16-11-14(10-15(19)17(16)23-4-2)18(21)20-12-13-8-6-5-7-9-13/h5-11H,3-4,12H2,1-2H3,(H,20,21). The van der Waals surface area contributed by atoms with Gasteiger partial charge >= 0.3 is 0 Å². The highest BCUT2D eigenvalue weighted by atomic mass is 79.9. The summed E-state index contributed by atoms with van der Waals surface area (Å²) in [6.07, 6.45) is 0. The molecule has 1 N–H and O–H groups in total. The van der Waals surface area contributed by atoms with E-state index in [-0.39, 0.29) is 5.91 Å². The Hall–Kier alpha value is -2.01. The number of carbonyl (C=O) groups is 1. The van der Waals surface area contributed by atoms with Crippen LogP contribution in [-0.2, 0) is 6.54 Å². The number of benzene rings is 2. The van der Waals surface area contributed by atoms with Crippen LogP contribution < -0.4 is 14.8 Å². The van der Waals surface area contributed by atoms with E-state index in [0.717, 1.165) is 5.56 Å². The molecule has 0 heterocycles. The van der Waals surface area contributed by atoms with Crippen molar-refractivity contribution < 1.29 is 14.3 Å². The second-order valence-electron chi connectivity index (χ2n) is 4.82. The largest absolute Gasteiger partial charge is 0.490 e. The molecule has 0 spiro atoms. The molecule has 0 fully saturated rings. The molecular weight excluding hydrogens is 358 g/mol. The van der Waals surface area contributed by atoms with E-state index in [2.05, 4.69) is 21.2 Å². The van der Waals surface area contributed by atoms with E-state index < -0.39 is 0 Å². The third-order valence-corrected chi connectivity index (χ3v) is 3.75. The Morgan fingerprint density at radius 2 is 1.78 bits per heavy atom. The summed E-state index contributed by atoms with van der Waals surface area (Å²) in [4.78, 5) is 12.4. The zero-order valence-electron chi connectivity index (χ0n) is 13.3. The summed E-state index contributed by atoms with van der Waals surface area (Å²) in [5.41, 5.74) is 1.58. The highest BCUT2D eigenvalue weighted by molar-refractivity contribution is 9.10. The highest BCUT2D eigenvalue weighted by Gasteiger charge is 2.15. The maximum Gasteiger partial charge on any atom is 0.251 e. The molecule has 2 aromatic carbocycles. The fourth-order valence-electron chi connectivity index (χ4n) is 2.13. The van der Waals surface area contributed by atoms with Crippen molar-refractivity contribution in [2.75, 3.05) is 13.2 Å². The van der Waals surface area contributed by atoms with Crippen molar-refractivity contribution in [2.45, 2.75) is 20.4 Å². The molecular formula is C18H20BrNO3. The van der Waals surface area contributed by atoms with E-state index in [1.165, 1.54) is 0 Å². The summed E-state index contributed by atoms with van der Waals surface area (Å²) in [6.45, 7) is 5.31. The Labute approximate surface area is 144 Å². The minimum Gasteiger partial charge on any atom is -0.490 e. The molecule has 0 bridgehead atoms. The molecule has 0 aliphatic rings. The van der Waals surface area contributed by atoms with Crippen molar-refractivity contribution in [1.82, 2.24) is 5.32 Å². The summed E-state index contributed by atoms with van der Waals surface area (Å²) >= 11 is 3.45. The lowest BCUT2D eigenvalue weighted by atomic mass is 10.1. The van der Waals surface area contributed by atoms with E-state index in [9.17, 15) is 4.79 Å². The van der Waals surface area contributed by atoms with Gasteiger partial charge in [-0.1, -0.05) is 30.3 Å². The second-order valence-corrected chi connectivity index (χ2v) is 5.67. The molecule has 0 atom stereocenters. The Kier molecular flexibility index (Phi) is 6.47. The Morgan fingerprint density at radius 1 is 1.09 bits per heavy atom. The molecule has 122 valence electrons. The zero-order valence-corrected chi connectivity index (χ0v) is 14.9. The first-order chi connectivity index (χ1) is 11.2. The van der Waals surface area contributed by atoms with Gasteiger partial charge in [0.05, 0.1) is 17.7 Å². The lowest BCUT2D eigenvalue weighted by Gasteiger charge is -2.14. The van der Waals surface area contributed by atoms with Gasteiger partial charge in [0.2, 0.25) is 0 Å². The fourth-order valence-corrected chi connectivity index (χ4v) is 2.68. The SMILES string of the molecule is CCOc1cc(C(=O)NCc2ccccc2)cc(Br)c1OCC. The molecule has 2 rings (SSSR count). The van der Waals surface area contributed by atoms with Crippen molar-refractivity contribution in [3.63, 3.8) is 0 Å². The summed E-state index contributed by atoms with van der Waals surface area (Å²) in [5, 5.41) is 2.91. The van der Waals surface area contributed by atoms with Crippen LogP contribution in [0.1, 0.15) is 29.8 Å². The van der Waals surface area contributed by atoms with Crippen molar-refractivity contribution >= 4 is 21.8 Å². The van der Waals surface area contributed by atoms with Crippen molar-refractivity contribution in [3.8, 4) is 11.5 Å². The second kappa shape index (κ2) is 8.58. The third kappa shape index (κ3) is 4.73. The lowest BCUT2D eigenvalue weighted by molar-refractivity contribution is 0.0950. The fraction of sp³-hybridized carbons (Fsp3) is 0.278. The smallest absolute Gasteiger partial charge is 0.251 e. The molecule has 5 heteroatoms. The van der Waals surface area contributed by atoms with E-state index >= 15 is 0 Å². The molecule has 0 saturated carbocycles. The van der Waals surface area contributed by atoms with Gasteiger partial charge < -0.3 is 14.8 Å². The van der Waals surface area contributed by atoms with Gasteiger partial charge in [-0.05, 0) is 47.5 Å². The maximum atomic E-state index is 12.4. The van der Waals surface area contributed by atoms with Crippen LogP contribution >= 0.6 is 15.9 Å². The van der Waals surface area contributed by atoms with Gasteiger partial charge in [-0.2, -0.15) is 0 Å². The molecule has 2 aromatic rings. The quantitative estimate of drug-likeness (QED) is 0.787. The van der Waals surface area contributed by atoms with E-state index in [0.29, 0.717) is 41.3 Å². The minimum atomic E-state index is -0.154. The van der Waals surface area contributed by atoms with Gasteiger partial charge in [-0.25, -0.2) is 0 Å². The molecule has 0 saturated heterocycles. The zero-order chi connectivity index (χ0) is 16.7. The molecule has 0 radical (unpaired) electrons. The summed E-state index contributed by atoms with van der Waals surface area (Å²) < 4.78 is 11.9. The number of hydrogen-bond acceptors (Lipinski definition) is 3. The molecule has 0 unspecified atom stereocenters. The normalized spacial score (nSPS) is 10.2. The Balaban J connectivity index is 2.16. The molecule has 23 heavy (non-hydrogen) atoms. The molecule has 1 amide bonds. The summed E-state index contributed by atoms with van der Waals surface area (Å²) in [7, 11) is 0. The molecule has 0 aliphatic carbocycles. The number of rotatable bonds is 7. The summed E-state index contributed by atoms with van der Waals surface area (Å²) in [6, 6.07) is 13.2. The van der Waals surface area contributed by atoms with E-state index in [1.807, 2.05) is 44.2 Å². The summed E-state index contributed by atoms with van der Waals surface area (Å²) in [5.74, 6) is 1.03. The van der Waals surface area contributed by atoms with Crippen LogP contribution in [0.2, 0.25) is 0 Å². The first-order valence-corrected chi connectivity index (χ1v) is 8.36. The van der Waals surface area contributed by atoms with Crippen LogP contribution in [0, 0.1) is 0 Å². The third-order valence-electron chi connectivity index (χ3n) is 3.16. The van der Waals surface area contributed by atoms with Gasteiger partial charge in [0, 0.05) is 12.1 Å². The van der Waals surface area contributed by atoms with E-state index in [4.69, 9.17) is 9.47 Å². The van der Waals surface area contributed by atoms with Crippen LogP contribution in [0.5, 0.6) is 11.5 Å². The number of hydrogen-bond donors (Lipinski definition) is 1. The lowest BCUT2D eigenvalue weighted by Crippen LogP contribution is -2.22. The van der Waals surface area contributed by atoms with Crippen LogP contribution in [0.25, 0.3) is 0 Å². The number of ether oxygens (including phenoxy) is 2. The number of nitrogens with one attached hydrogen (secondary N) is 1. The predicted octanol–water partition coefficient (Wildman–Crippen LogP) is 4.18. The molecule has 0 aromatic heterocycles. The number of halogens is 1. The van der Waals surface area contributed by atoms with Gasteiger partial charge in [-0.3, -0.25) is 4.79 Å². The molecule has 0 aliphatic heterocycles. The van der Waals surface area contributed by atoms with E-state index in [1.54, 1.807) is 12.1 Å². The maximum absolute atomic E-state index is 12.4. The van der Waals surface area contributed by atoms with Crippen molar-refractivity contribution in [1.29, 1.82) is 0 Å². The number of carbonyl (C=O) groups excluding carboxylic acids is 1. The minimum absolute atomic E-state index is 0.154. The van der Waals surface area contributed by atoms with Gasteiger partial charge in [0.15, 0.2) is 11.5 Å².